The number of nitrogens with one attached hydrogen (secondary N) is 1. The molecule has 0 saturated carbocycles. The maximum Gasteiger partial charge on any atom is 0.327 e. The molecule has 1 aromatic carbocycles. The molecule has 1 rings (SSSR count). The molecule has 0 aliphatic heterocycles. The third-order valence-electron chi connectivity index (χ3n) is 2.75. The van der Waals surface area contributed by atoms with Crippen LogP contribution in [0.25, 0.3) is 0 Å². The van der Waals surface area contributed by atoms with Crippen molar-refractivity contribution in [3.05, 3.63) is 29.8 Å². The third-order valence-corrected chi connectivity index (χ3v) is 4.12. The Kier molecular flexibility index (Phi) is 5.06. The number of carboxylic acids is 1. The van der Waals surface area contributed by atoms with Crippen LogP contribution in [0.3, 0.4) is 0 Å². The lowest BCUT2D eigenvalue weighted by Crippen LogP contribution is -2.51. The van der Waals surface area contributed by atoms with Gasteiger partial charge in [-0.3, -0.25) is 4.79 Å². The van der Waals surface area contributed by atoms with E-state index in [1.807, 2.05) is 0 Å². The van der Waals surface area contributed by atoms with E-state index < -0.39 is 32.5 Å². The van der Waals surface area contributed by atoms with Gasteiger partial charge in [0.25, 0.3) is 5.91 Å². The smallest absolute Gasteiger partial charge is 0.327 e. The molecule has 0 bridgehead atoms. The Balaban J connectivity index is 3.07. The molecule has 0 aromatic heterocycles. The highest BCUT2D eigenvalue weighted by molar-refractivity contribution is 7.90. The lowest BCUT2D eigenvalue weighted by atomic mass is 10.0. The van der Waals surface area contributed by atoms with Crippen molar-refractivity contribution in [3.63, 3.8) is 0 Å². The summed E-state index contributed by atoms with van der Waals surface area (Å²) in [5.41, 5.74) is 0.0711. The van der Waals surface area contributed by atoms with Crippen LogP contribution in [0.5, 0.6) is 0 Å². The van der Waals surface area contributed by atoms with Gasteiger partial charge in [-0.1, -0.05) is 6.07 Å². The number of amides is 1. The van der Waals surface area contributed by atoms with Gasteiger partial charge in [0, 0.05) is 16.6 Å². The fraction of sp³-hybridized carbons (Fsp3) is 0.385. The van der Waals surface area contributed by atoms with Gasteiger partial charge in [0.05, 0.1) is 4.90 Å². The Hall–Kier alpha value is -1.54. The molecule has 6 nitrogen and oxygen atoms in total. The van der Waals surface area contributed by atoms with Gasteiger partial charge in [0.1, 0.15) is 6.04 Å². The molecule has 0 fully saturated rings. The zero-order chi connectivity index (χ0) is 16.4. The van der Waals surface area contributed by atoms with Gasteiger partial charge in [-0.05, 0) is 32.0 Å². The highest BCUT2D eigenvalue weighted by Crippen LogP contribution is 2.19. The first-order chi connectivity index (χ1) is 9.43. The maximum absolute atomic E-state index is 12.1. The van der Waals surface area contributed by atoms with Crippen molar-refractivity contribution in [2.45, 2.75) is 29.5 Å². The van der Waals surface area contributed by atoms with Crippen molar-refractivity contribution >= 4 is 34.3 Å². The molecule has 0 spiro atoms. The van der Waals surface area contributed by atoms with Crippen molar-refractivity contribution in [2.75, 3.05) is 6.26 Å². The molecule has 2 N–H and O–H groups in total. The maximum atomic E-state index is 12.1. The summed E-state index contributed by atoms with van der Waals surface area (Å²) in [6, 6.07) is 4.19. The van der Waals surface area contributed by atoms with E-state index in [0.29, 0.717) is 0 Å². The molecular formula is C13H17NO5S2. The van der Waals surface area contributed by atoms with Crippen molar-refractivity contribution in [3.8, 4) is 0 Å². The van der Waals surface area contributed by atoms with Crippen LogP contribution in [-0.2, 0) is 14.6 Å². The van der Waals surface area contributed by atoms with Crippen LogP contribution in [0.2, 0.25) is 0 Å². The van der Waals surface area contributed by atoms with Gasteiger partial charge >= 0.3 is 5.97 Å². The highest BCUT2D eigenvalue weighted by atomic mass is 32.2. The summed E-state index contributed by atoms with van der Waals surface area (Å²) in [6.45, 7) is 3.12. The molecule has 0 aliphatic rings. The summed E-state index contributed by atoms with van der Waals surface area (Å²) in [4.78, 5) is 23.3. The van der Waals surface area contributed by atoms with Crippen LogP contribution in [-0.4, -0.2) is 42.4 Å². The van der Waals surface area contributed by atoms with E-state index >= 15 is 0 Å². The van der Waals surface area contributed by atoms with E-state index in [2.05, 4.69) is 17.9 Å². The Morgan fingerprint density at radius 1 is 1.33 bits per heavy atom. The Labute approximate surface area is 128 Å². The van der Waals surface area contributed by atoms with E-state index in [-0.39, 0.29) is 10.5 Å². The third kappa shape index (κ3) is 4.75. The molecule has 0 heterocycles. The minimum atomic E-state index is -3.44. The standard InChI is InChI=1S/C13H17NO5S2/c1-13(2,20)10(12(16)17)14-11(15)8-5-4-6-9(7-8)21(3,18)19/h4-7,10,20H,1-3H3,(H,14,15)(H,16,17). The molecule has 0 aliphatic carbocycles. The molecule has 116 valence electrons. The van der Waals surface area contributed by atoms with Crippen molar-refractivity contribution in [1.29, 1.82) is 0 Å². The second-order valence-corrected chi connectivity index (χ2v) is 8.37. The first kappa shape index (κ1) is 17.5. The van der Waals surface area contributed by atoms with Gasteiger partial charge in [0.15, 0.2) is 9.84 Å². The van der Waals surface area contributed by atoms with Crippen LogP contribution in [0.1, 0.15) is 24.2 Å². The number of benzene rings is 1. The number of aliphatic carboxylic acids is 1. The molecular weight excluding hydrogens is 314 g/mol. The predicted octanol–water partition coefficient (Wildman–Crippen LogP) is 0.982. The Morgan fingerprint density at radius 3 is 2.33 bits per heavy atom. The Bertz CT molecular complexity index is 661. The van der Waals surface area contributed by atoms with Crippen molar-refractivity contribution in [2.24, 2.45) is 0 Å². The number of rotatable bonds is 5. The van der Waals surface area contributed by atoms with Crippen LogP contribution >= 0.6 is 12.6 Å². The monoisotopic (exact) mass is 331 g/mol. The predicted molar refractivity (Wildman–Crippen MR) is 81.5 cm³/mol. The van der Waals surface area contributed by atoms with Crippen molar-refractivity contribution in [1.82, 2.24) is 5.32 Å². The fourth-order valence-electron chi connectivity index (χ4n) is 1.62. The summed E-state index contributed by atoms with van der Waals surface area (Å²) in [5, 5.41) is 11.5. The summed E-state index contributed by atoms with van der Waals surface area (Å²) in [7, 11) is -3.44. The molecule has 8 heteroatoms. The van der Waals surface area contributed by atoms with Gasteiger partial charge < -0.3 is 10.4 Å². The van der Waals surface area contributed by atoms with E-state index in [4.69, 9.17) is 5.11 Å². The van der Waals surface area contributed by atoms with Gasteiger partial charge in [-0.2, -0.15) is 12.6 Å². The van der Waals surface area contributed by atoms with Crippen LogP contribution in [0, 0.1) is 0 Å². The second-order valence-electron chi connectivity index (χ2n) is 5.20. The minimum Gasteiger partial charge on any atom is -0.480 e. The SMILES string of the molecule is CC(C)(S)C(NC(=O)c1cccc(S(C)(=O)=O)c1)C(=O)O. The van der Waals surface area contributed by atoms with Crippen LogP contribution < -0.4 is 5.32 Å². The molecule has 1 unspecified atom stereocenters. The molecule has 1 aromatic rings. The Morgan fingerprint density at radius 2 is 1.90 bits per heavy atom. The average Bonchev–Trinajstić information content (AvgIpc) is 2.33. The first-order valence-electron chi connectivity index (χ1n) is 5.99. The number of thiol groups is 1. The van der Waals surface area contributed by atoms with E-state index in [1.165, 1.54) is 24.3 Å². The topological polar surface area (TPSA) is 101 Å². The minimum absolute atomic E-state index is 0.00726. The highest BCUT2D eigenvalue weighted by Gasteiger charge is 2.33. The van der Waals surface area contributed by atoms with Crippen LogP contribution in [0.15, 0.2) is 29.2 Å². The zero-order valence-electron chi connectivity index (χ0n) is 11.8. The molecule has 1 atom stereocenters. The number of carboxylic acid groups (broad SMARTS) is 1. The quantitative estimate of drug-likeness (QED) is 0.698. The number of hydrogen-bond acceptors (Lipinski definition) is 5. The molecule has 21 heavy (non-hydrogen) atoms. The number of hydrogen-bond donors (Lipinski definition) is 3. The fourth-order valence-corrected chi connectivity index (χ4v) is 2.46. The summed E-state index contributed by atoms with van der Waals surface area (Å²) < 4.78 is 21.9. The zero-order valence-corrected chi connectivity index (χ0v) is 13.5. The van der Waals surface area contributed by atoms with E-state index in [9.17, 15) is 18.0 Å². The first-order valence-corrected chi connectivity index (χ1v) is 8.33. The summed E-state index contributed by atoms with van der Waals surface area (Å²) >= 11 is 4.15. The lowest BCUT2D eigenvalue weighted by Gasteiger charge is -2.26. The van der Waals surface area contributed by atoms with Crippen LogP contribution in [0.4, 0.5) is 0 Å². The number of carbonyl (C=O) groups excluding carboxylic acids is 1. The second kappa shape index (κ2) is 6.07. The molecule has 0 radical (unpaired) electrons. The van der Waals surface area contributed by atoms with Gasteiger partial charge in [0.2, 0.25) is 0 Å². The number of sulfone groups is 1. The summed E-state index contributed by atoms with van der Waals surface area (Å²) in [6.07, 6.45) is 1.03. The number of carbonyl (C=O) groups is 2. The molecule has 1 amide bonds. The van der Waals surface area contributed by atoms with Crippen molar-refractivity contribution < 1.29 is 23.1 Å². The largest absolute Gasteiger partial charge is 0.480 e. The van der Waals surface area contributed by atoms with E-state index in [0.717, 1.165) is 6.26 Å². The normalized spacial score (nSPS) is 13.5. The van der Waals surface area contributed by atoms with Gasteiger partial charge in [-0.25, -0.2) is 13.2 Å². The van der Waals surface area contributed by atoms with E-state index in [1.54, 1.807) is 13.8 Å². The molecule has 0 saturated heterocycles. The average molecular weight is 331 g/mol. The van der Waals surface area contributed by atoms with Gasteiger partial charge in [-0.15, -0.1) is 0 Å². The lowest BCUT2D eigenvalue weighted by molar-refractivity contribution is -0.139. The summed E-state index contributed by atoms with van der Waals surface area (Å²) in [5.74, 6) is -1.89.